The summed E-state index contributed by atoms with van der Waals surface area (Å²) in [4.78, 5) is 48.9. The maximum absolute atomic E-state index is 12.2. The molecule has 25 heavy (non-hydrogen) atoms. The van der Waals surface area contributed by atoms with E-state index in [-0.39, 0.29) is 31.4 Å². The van der Waals surface area contributed by atoms with Crippen LogP contribution in [0.3, 0.4) is 0 Å². The molecule has 0 unspecified atom stereocenters. The van der Waals surface area contributed by atoms with Crippen LogP contribution in [-0.4, -0.2) is 46.9 Å². The number of carboxylic acid groups (broad SMARTS) is 1. The molecule has 0 aromatic heterocycles. The minimum Gasteiger partial charge on any atom is -0.480 e. The van der Waals surface area contributed by atoms with Gasteiger partial charge in [-0.1, -0.05) is 12.1 Å². The first-order chi connectivity index (χ1) is 11.8. The van der Waals surface area contributed by atoms with Gasteiger partial charge in [-0.2, -0.15) is 0 Å². The lowest BCUT2D eigenvalue weighted by atomic mass is 9.85. The van der Waals surface area contributed by atoms with E-state index in [1.807, 2.05) is 0 Å². The number of nitrogens with zero attached hydrogens (tertiary/aromatic N) is 1. The molecule has 1 N–H and O–H groups in total. The number of imide groups is 1. The van der Waals surface area contributed by atoms with Crippen molar-refractivity contribution in [2.45, 2.75) is 33.1 Å². The van der Waals surface area contributed by atoms with Crippen molar-refractivity contribution in [2.75, 3.05) is 13.2 Å². The summed E-state index contributed by atoms with van der Waals surface area (Å²) in [5.41, 5.74) is -0.860. The molecule has 0 saturated heterocycles. The lowest BCUT2D eigenvalue weighted by Crippen LogP contribution is -2.38. The molecule has 1 aliphatic rings. The van der Waals surface area contributed by atoms with Gasteiger partial charge in [-0.05, 0) is 45.2 Å². The Morgan fingerprint density at radius 1 is 1.12 bits per heavy atom. The zero-order valence-corrected chi connectivity index (χ0v) is 14.3. The predicted octanol–water partition coefficient (Wildman–Crippen LogP) is 2.11. The summed E-state index contributed by atoms with van der Waals surface area (Å²) in [6.45, 7) is 3.24. The van der Waals surface area contributed by atoms with Crippen LogP contribution in [0.15, 0.2) is 24.3 Å². The van der Waals surface area contributed by atoms with E-state index in [1.54, 1.807) is 31.2 Å². The van der Waals surface area contributed by atoms with Crippen molar-refractivity contribution in [3.05, 3.63) is 35.4 Å². The molecule has 2 amide bonds. The van der Waals surface area contributed by atoms with E-state index >= 15 is 0 Å². The lowest BCUT2D eigenvalue weighted by molar-refractivity contribution is -0.167. The number of carboxylic acids is 1. The monoisotopic (exact) mass is 347 g/mol. The summed E-state index contributed by atoms with van der Waals surface area (Å²) in [6.07, 6.45) is 0.854. The topological polar surface area (TPSA) is 101 Å². The number of amides is 2. The summed E-state index contributed by atoms with van der Waals surface area (Å²) in [6, 6.07) is 6.62. The Morgan fingerprint density at radius 2 is 1.68 bits per heavy atom. The molecular weight excluding hydrogens is 326 g/mol. The molecule has 1 aromatic rings. The van der Waals surface area contributed by atoms with E-state index in [0.29, 0.717) is 24.0 Å². The van der Waals surface area contributed by atoms with Crippen LogP contribution in [0, 0.1) is 5.41 Å². The van der Waals surface area contributed by atoms with Gasteiger partial charge in [0.2, 0.25) is 0 Å². The average molecular weight is 347 g/mol. The van der Waals surface area contributed by atoms with E-state index in [1.165, 1.54) is 6.92 Å². The largest absolute Gasteiger partial charge is 0.480 e. The van der Waals surface area contributed by atoms with E-state index in [2.05, 4.69) is 0 Å². The van der Waals surface area contributed by atoms with Crippen LogP contribution in [0.5, 0.6) is 0 Å². The fourth-order valence-corrected chi connectivity index (χ4v) is 2.78. The molecule has 1 atom stereocenters. The van der Waals surface area contributed by atoms with Crippen molar-refractivity contribution < 1.29 is 29.0 Å². The number of hydrogen-bond donors (Lipinski definition) is 1. The Hall–Kier alpha value is -2.70. The van der Waals surface area contributed by atoms with Crippen LogP contribution in [-0.2, 0) is 14.3 Å². The van der Waals surface area contributed by atoms with Crippen molar-refractivity contribution >= 4 is 23.8 Å². The van der Waals surface area contributed by atoms with Crippen molar-refractivity contribution in [2.24, 2.45) is 5.41 Å². The van der Waals surface area contributed by atoms with Crippen molar-refractivity contribution in [3.63, 3.8) is 0 Å². The lowest BCUT2D eigenvalue weighted by Gasteiger charge is -2.22. The number of benzene rings is 1. The number of unbranched alkanes of at least 4 members (excludes halogenated alkanes) is 1. The van der Waals surface area contributed by atoms with Crippen LogP contribution in [0.2, 0.25) is 0 Å². The highest BCUT2D eigenvalue weighted by atomic mass is 16.5. The fourth-order valence-electron chi connectivity index (χ4n) is 2.78. The second-order valence-corrected chi connectivity index (χ2v) is 6.12. The number of aliphatic carboxylic acids is 1. The van der Waals surface area contributed by atoms with Gasteiger partial charge in [0.1, 0.15) is 0 Å². The third-order valence-corrected chi connectivity index (χ3v) is 4.38. The van der Waals surface area contributed by atoms with Gasteiger partial charge in [0.25, 0.3) is 11.8 Å². The van der Waals surface area contributed by atoms with Gasteiger partial charge in [0.15, 0.2) is 5.41 Å². The van der Waals surface area contributed by atoms with Gasteiger partial charge in [0, 0.05) is 6.54 Å². The number of hydrogen-bond acceptors (Lipinski definition) is 5. The molecule has 1 heterocycles. The number of rotatable bonds is 8. The maximum atomic E-state index is 12.2. The van der Waals surface area contributed by atoms with Crippen LogP contribution in [0.1, 0.15) is 53.8 Å². The predicted molar refractivity (Wildman–Crippen MR) is 88.0 cm³/mol. The summed E-state index contributed by atoms with van der Waals surface area (Å²) in [5.74, 6) is -2.70. The van der Waals surface area contributed by atoms with Crippen LogP contribution < -0.4 is 0 Å². The van der Waals surface area contributed by atoms with Crippen molar-refractivity contribution in [1.29, 1.82) is 0 Å². The highest BCUT2D eigenvalue weighted by Crippen LogP contribution is 2.28. The normalized spacial score (nSPS) is 15.7. The number of carbonyl (C=O) groups excluding carboxylic acids is 3. The highest BCUT2D eigenvalue weighted by Gasteiger charge is 2.42. The van der Waals surface area contributed by atoms with Crippen molar-refractivity contribution in [1.82, 2.24) is 4.90 Å². The van der Waals surface area contributed by atoms with E-state index in [4.69, 9.17) is 4.74 Å². The van der Waals surface area contributed by atoms with Crippen LogP contribution in [0.4, 0.5) is 0 Å². The second-order valence-electron chi connectivity index (χ2n) is 6.12. The molecule has 0 radical (unpaired) electrons. The van der Waals surface area contributed by atoms with E-state index in [0.717, 1.165) is 4.90 Å². The fraction of sp³-hybridized carbons (Fsp3) is 0.444. The van der Waals surface area contributed by atoms with Gasteiger partial charge >= 0.3 is 11.9 Å². The molecule has 0 saturated carbocycles. The molecule has 0 spiro atoms. The first-order valence-electron chi connectivity index (χ1n) is 8.18. The highest BCUT2D eigenvalue weighted by molar-refractivity contribution is 6.21. The third-order valence-electron chi connectivity index (χ3n) is 4.38. The van der Waals surface area contributed by atoms with Crippen molar-refractivity contribution in [3.8, 4) is 0 Å². The smallest absolute Gasteiger partial charge is 0.323 e. The first kappa shape index (κ1) is 18.6. The molecule has 7 heteroatoms. The number of esters is 1. The Morgan fingerprint density at radius 3 is 2.16 bits per heavy atom. The van der Waals surface area contributed by atoms with Gasteiger partial charge in [-0.15, -0.1) is 0 Å². The molecule has 0 aliphatic carbocycles. The van der Waals surface area contributed by atoms with Crippen LogP contribution >= 0.6 is 0 Å². The minimum atomic E-state index is -1.63. The first-order valence-corrected chi connectivity index (χ1v) is 8.18. The van der Waals surface area contributed by atoms with Gasteiger partial charge in [0.05, 0.1) is 17.7 Å². The Kier molecular flexibility index (Phi) is 5.56. The molecule has 1 aliphatic heterocycles. The van der Waals surface area contributed by atoms with Gasteiger partial charge < -0.3 is 9.84 Å². The Labute approximate surface area is 145 Å². The molecule has 2 rings (SSSR count). The van der Waals surface area contributed by atoms with E-state index in [9.17, 15) is 24.3 Å². The molecule has 134 valence electrons. The molecule has 1 aromatic carbocycles. The summed E-state index contributed by atoms with van der Waals surface area (Å²) in [7, 11) is 0. The Bertz CT molecular complexity index is 678. The molecule has 0 fully saturated rings. The molecule has 7 nitrogen and oxygen atoms in total. The maximum Gasteiger partial charge on any atom is 0.323 e. The van der Waals surface area contributed by atoms with Gasteiger partial charge in [-0.25, -0.2) is 0 Å². The summed E-state index contributed by atoms with van der Waals surface area (Å²) < 4.78 is 4.84. The number of ether oxygens (including phenoxy) is 1. The second kappa shape index (κ2) is 7.46. The zero-order chi connectivity index (χ0) is 18.6. The standard InChI is InChI=1S/C18H21NO6/c1-3-25-17(24)18(2,16(22)23)10-6-7-11-19-14(20)12-8-4-5-9-13(12)15(19)21/h4-5,8-9H,3,6-7,10-11H2,1-2H3,(H,22,23)/t18-/m1/s1. The average Bonchev–Trinajstić information content (AvgIpc) is 2.83. The third kappa shape index (κ3) is 3.55. The molecule has 0 bridgehead atoms. The summed E-state index contributed by atoms with van der Waals surface area (Å²) in [5, 5.41) is 9.32. The van der Waals surface area contributed by atoms with Crippen LogP contribution in [0.25, 0.3) is 0 Å². The van der Waals surface area contributed by atoms with Gasteiger partial charge in [-0.3, -0.25) is 24.1 Å². The number of fused-ring (bicyclic) bond motifs is 1. The minimum absolute atomic E-state index is 0.0737. The molecular formula is C18H21NO6. The zero-order valence-electron chi connectivity index (χ0n) is 14.3. The Balaban J connectivity index is 1.93. The van der Waals surface area contributed by atoms with E-state index < -0.39 is 17.4 Å². The SMILES string of the molecule is CCOC(=O)[C@](C)(CCCCN1C(=O)c2ccccc2C1=O)C(=O)O. The quantitative estimate of drug-likeness (QED) is 0.334. The number of carbonyl (C=O) groups is 4. The summed E-state index contributed by atoms with van der Waals surface area (Å²) >= 11 is 0.